The third-order valence-electron chi connectivity index (χ3n) is 6.23. The van der Waals surface area contributed by atoms with Crippen LogP contribution >= 0.6 is 0 Å². The van der Waals surface area contributed by atoms with E-state index in [1.807, 2.05) is 0 Å². The van der Waals surface area contributed by atoms with Crippen molar-refractivity contribution in [3.63, 3.8) is 0 Å². The minimum atomic E-state index is -0.300. The fourth-order valence-electron chi connectivity index (χ4n) is 4.66. The number of benzene rings is 2. The average Bonchev–Trinajstić information content (AvgIpc) is 2.99. The van der Waals surface area contributed by atoms with Crippen LogP contribution in [0.3, 0.4) is 0 Å². The molecule has 0 amide bonds. The number of hydrogen-bond donors (Lipinski definition) is 0. The lowest BCUT2D eigenvalue weighted by molar-refractivity contribution is 0.0976. The second-order valence-electron chi connectivity index (χ2n) is 7.83. The van der Waals surface area contributed by atoms with Gasteiger partial charge in [-0.2, -0.15) is 0 Å². The SMILES string of the molecule is COc1ccc(C2CC3CN(CCCC(=O)c4ccc(F)cc4)CC32)cc1. The van der Waals surface area contributed by atoms with E-state index in [-0.39, 0.29) is 11.6 Å². The molecule has 3 atom stereocenters. The van der Waals surface area contributed by atoms with Gasteiger partial charge in [0.1, 0.15) is 11.6 Å². The predicted octanol–water partition coefficient (Wildman–Crippen LogP) is 4.53. The van der Waals surface area contributed by atoms with Crippen LogP contribution in [-0.4, -0.2) is 37.4 Å². The number of carbonyl (C=O) groups is 1. The van der Waals surface area contributed by atoms with Crippen molar-refractivity contribution in [3.05, 3.63) is 65.5 Å². The molecule has 27 heavy (non-hydrogen) atoms. The van der Waals surface area contributed by atoms with E-state index in [2.05, 4.69) is 29.2 Å². The van der Waals surface area contributed by atoms with Gasteiger partial charge in [0.05, 0.1) is 7.11 Å². The molecule has 2 aromatic carbocycles. The molecule has 3 nitrogen and oxygen atoms in total. The predicted molar refractivity (Wildman–Crippen MR) is 104 cm³/mol. The van der Waals surface area contributed by atoms with E-state index in [0.29, 0.717) is 17.9 Å². The highest BCUT2D eigenvalue weighted by Crippen LogP contribution is 2.51. The van der Waals surface area contributed by atoms with Gasteiger partial charge in [0.2, 0.25) is 0 Å². The molecule has 2 fully saturated rings. The fourth-order valence-corrected chi connectivity index (χ4v) is 4.66. The lowest BCUT2D eigenvalue weighted by Crippen LogP contribution is -2.33. The van der Waals surface area contributed by atoms with E-state index in [0.717, 1.165) is 43.6 Å². The van der Waals surface area contributed by atoms with Crippen molar-refractivity contribution in [3.8, 4) is 5.75 Å². The van der Waals surface area contributed by atoms with E-state index in [9.17, 15) is 9.18 Å². The first kappa shape index (κ1) is 18.2. The van der Waals surface area contributed by atoms with Crippen LogP contribution < -0.4 is 4.74 Å². The van der Waals surface area contributed by atoms with Crippen LogP contribution in [0.4, 0.5) is 4.39 Å². The number of rotatable bonds is 7. The zero-order valence-electron chi connectivity index (χ0n) is 15.7. The molecule has 1 aliphatic heterocycles. The van der Waals surface area contributed by atoms with Crippen LogP contribution in [-0.2, 0) is 0 Å². The van der Waals surface area contributed by atoms with Gasteiger partial charge in [0.15, 0.2) is 5.78 Å². The highest BCUT2D eigenvalue weighted by Gasteiger charge is 2.47. The van der Waals surface area contributed by atoms with E-state index < -0.39 is 0 Å². The number of ether oxygens (including phenoxy) is 1. The van der Waals surface area contributed by atoms with Gasteiger partial charge in [-0.05, 0) is 79.1 Å². The monoisotopic (exact) mass is 367 g/mol. The molecule has 3 unspecified atom stereocenters. The quantitative estimate of drug-likeness (QED) is 0.673. The second-order valence-corrected chi connectivity index (χ2v) is 7.83. The molecule has 142 valence electrons. The van der Waals surface area contributed by atoms with Gasteiger partial charge >= 0.3 is 0 Å². The number of halogens is 1. The number of nitrogens with zero attached hydrogens (tertiary/aromatic N) is 1. The summed E-state index contributed by atoms with van der Waals surface area (Å²) in [5.41, 5.74) is 2.03. The Morgan fingerprint density at radius 2 is 1.85 bits per heavy atom. The van der Waals surface area contributed by atoms with Gasteiger partial charge in [-0.3, -0.25) is 4.79 Å². The van der Waals surface area contributed by atoms with Crippen LogP contribution in [0.5, 0.6) is 5.75 Å². The maximum atomic E-state index is 13.0. The Labute approximate surface area is 160 Å². The first-order chi connectivity index (χ1) is 13.1. The fraction of sp³-hybridized carbons (Fsp3) is 0.435. The molecule has 0 radical (unpaired) electrons. The minimum Gasteiger partial charge on any atom is -0.497 e. The van der Waals surface area contributed by atoms with Crippen molar-refractivity contribution in [1.29, 1.82) is 0 Å². The van der Waals surface area contributed by atoms with Crippen LogP contribution in [0.15, 0.2) is 48.5 Å². The van der Waals surface area contributed by atoms with Crippen molar-refractivity contribution in [2.24, 2.45) is 11.8 Å². The topological polar surface area (TPSA) is 29.5 Å². The molecule has 1 saturated heterocycles. The Morgan fingerprint density at radius 3 is 2.56 bits per heavy atom. The smallest absolute Gasteiger partial charge is 0.162 e. The highest BCUT2D eigenvalue weighted by atomic mass is 19.1. The van der Waals surface area contributed by atoms with Gasteiger partial charge < -0.3 is 9.64 Å². The van der Waals surface area contributed by atoms with E-state index in [1.165, 1.54) is 24.1 Å². The maximum Gasteiger partial charge on any atom is 0.162 e. The van der Waals surface area contributed by atoms with Crippen molar-refractivity contribution < 1.29 is 13.9 Å². The summed E-state index contributed by atoms with van der Waals surface area (Å²) in [6, 6.07) is 14.4. The summed E-state index contributed by atoms with van der Waals surface area (Å²) in [5.74, 6) is 2.91. The summed E-state index contributed by atoms with van der Waals surface area (Å²) in [6.07, 6.45) is 2.66. The number of Topliss-reactive ketones (excluding diaryl/α,β-unsaturated/α-hetero) is 1. The third kappa shape index (κ3) is 3.91. The van der Waals surface area contributed by atoms with Crippen LogP contribution in [0.25, 0.3) is 0 Å². The second kappa shape index (κ2) is 7.81. The Balaban J connectivity index is 1.24. The Kier molecular flexibility index (Phi) is 5.26. The van der Waals surface area contributed by atoms with Gasteiger partial charge in [-0.15, -0.1) is 0 Å². The number of methoxy groups -OCH3 is 1. The molecule has 4 rings (SSSR count). The van der Waals surface area contributed by atoms with Crippen LogP contribution in [0, 0.1) is 17.7 Å². The summed E-state index contributed by atoms with van der Waals surface area (Å²) in [6.45, 7) is 3.25. The van der Waals surface area contributed by atoms with Gasteiger partial charge in [-0.1, -0.05) is 12.1 Å². The number of ketones is 1. The van der Waals surface area contributed by atoms with Crippen LogP contribution in [0.2, 0.25) is 0 Å². The Morgan fingerprint density at radius 1 is 1.11 bits per heavy atom. The largest absolute Gasteiger partial charge is 0.497 e. The summed E-state index contributed by atoms with van der Waals surface area (Å²) >= 11 is 0. The number of fused-ring (bicyclic) bond motifs is 1. The molecular weight excluding hydrogens is 341 g/mol. The number of likely N-dealkylation sites (tertiary alicyclic amines) is 1. The Hall–Kier alpha value is -2.20. The molecule has 1 aliphatic carbocycles. The van der Waals surface area contributed by atoms with Crippen molar-refractivity contribution in [2.75, 3.05) is 26.7 Å². The van der Waals surface area contributed by atoms with Gasteiger partial charge in [0, 0.05) is 25.1 Å². The molecule has 0 N–H and O–H groups in total. The number of carbonyl (C=O) groups excluding carboxylic acids is 1. The molecule has 0 aromatic heterocycles. The maximum absolute atomic E-state index is 13.0. The summed E-state index contributed by atoms with van der Waals surface area (Å²) in [4.78, 5) is 14.7. The summed E-state index contributed by atoms with van der Waals surface area (Å²) < 4.78 is 18.2. The zero-order valence-corrected chi connectivity index (χ0v) is 15.7. The first-order valence-corrected chi connectivity index (χ1v) is 9.79. The van der Waals surface area contributed by atoms with Crippen molar-refractivity contribution in [2.45, 2.75) is 25.2 Å². The molecule has 0 spiro atoms. The third-order valence-corrected chi connectivity index (χ3v) is 6.23. The molecule has 1 saturated carbocycles. The molecule has 2 aliphatic rings. The minimum absolute atomic E-state index is 0.105. The molecule has 4 heteroatoms. The van der Waals surface area contributed by atoms with Gasteiger partial charge in [0.25, 0.3) is 0 Å². The molecule has 0 bridgehead atoms. The molecular formula is C23H26FNO2. The lowest BCUT2D eigenvalue weighted by atomic mass is 9.64. The standard InChI is InChI=1S/C23H26FNO2/c1-27-20-10-6-16(7-11-20)21-13-18-14-25(15-22(18)21)12-2-3-23(26)17-4-8-19(24)9-5-17/h4-11,18,21-22H,2-3,12-15H2,1H3. The zero-order chi connectivity index (χ0) is 18.8. The van der Waals surface area contributed by atoms with E-state index in [4.69, 9.17) is 4.74 Å². The van der Waals surface area contributed by atoms with Crippen LogP contribution in [0.1, 0.15) is 41.1 Å². The lowest BCUT2D eigenvalue weighted by Gasteiger charge is -2.40. The first-order valence-electron chi connectivity index (χ1n) is 9.79. The average molecular weight is 367 g/mol. The summed E-state index contributed by atoms with van der Waals surface area (Å²) in [7, 11) is 1.70. The van der Waals surface area contributed by atoms with E-state index >= 15 is 0 Å². The number of hydrogen-bond acceptors (Lipinski definition) is 3. The van der Waals surface area contributed by atoms with Crippen molar-refractivity contribution in [1.82, 2.24) is 4.90 Å². The molecule has 1 heterocycles. The normalized spacial score (nSPS) is 24.3. The van der Waals surface area contributed by atoms with E-state index in [1.54, 1.807) is 19.2 Å². The van der Waals surface area contributed by atoms with Crippen molar-refractivity contribution >= 4 is 5.78 Å². The molecule has 2 aromatic rings. The summed E-state index contributed by atoms with van der Waals surface area (Å²) in [5, 5.41) is 0. The van der Waals surface area contributed by atoms with Gasteiger partial charge in [-0.25, -0.2) is 4.39 Å². The Bertz CT molecular complexity index is 787. The highest BCUT2D eigenvalue weighted by molar-refractivity contribution is 5.95.